The molecule has 4 rings (SSSR count). The van der Waals surface area contributed by atoms with Crippen LogP contribution in [0.5, 0.6) is 0 Å². The molecule has 1 saturated carbocycles. The van der Waals surface area contributed by atoms with E-state index in [4.69, 9.17) is 4.74 Å². The van der Waals surface area contributed by atoms with Crippen LogP contribution in [-0.2, 0) is 16.0 Å². The quantitative estimate of drug-likeness (QED) is 0.928. The highest BCUT2D eigenvalue weighted by Gasteiger charge is 2.39. The number of nitrogens with one attached hydrogen (secondary N) is 1. The van der Waals surface area contributed by atoms with Crippen LogP contribution in [0.4, 0.5) is 0 Å². The highest BCUT2D eigenvalue weighted by Crippen LogP contribution is 2.38. The lowest BCUT2D eigenvalue weighted by Gasteiger charge is -2.27. The summed E-state index contributed by atoms with van der Waals surface area (Å²) in [4.78, 5) is 17.2. The molecule has 0 spiro atoms. The van der Waals surface area contributed by atoms with Crippen molar-refractivity contribution in [3.8, 4) is 0 Å². The molecule has 132 valence electrons. The van der Waals surface area contributed by atoms with Crippen LogP contribution in [0, 0.1) is 11.3 Å². The van der Waals surface area contributed by atoms with E-state index in [2.05, 4.69) is 35.4 Å². The summed E-state index contributed by atoms with van der Waals surface area (Å²) in [6.45, 7) is 3.43. The number of hydrogen-bond donors (Lipinski definition) is 1. The molecule has 1 amide bonds. The summed E-state index contributed by atoms with van der Waals surface area (Å²) >= 11 is 0. The second-order valence-corrected chi connectivity index (χ2v) is 7.84. The molecule has 1 aromatic carbocycles. The predicted molar refractivity (Wildman–Crippen MR) is 98.3 cm³/mol. The van der Waals surface area contributed by atoms with Gasteiger partial charge in [0.05, 0.1) is 24.8 Å². The molecule has 1 saturated heterocycles. The van der Waals surface area contributed by atoms with E-state index in [1.807, 2.05) is 18.3 Å². The summed E-state index contributed by atoms with van der Waals surface area (Å²) in [5.41, 5.74) is 2.13. The van der Waals surface area contributed by atoms with E-state index in [9.17, 15) is 4.79 Å². The minimum atomic E-state index is -0.184. The number of aromatic nitrogens is 1. The maximum absolute atomic E-state index is 12.8. The molecule has 0 radical (unpaired) electrons. The number of fused-ring (bicyclic) bond motifs is 1. The third kappa shape index (κ3) is 3.28. The number of benzene rings is 1. The number of carbonyl (C=O) groups is 1. The summed E-state index contributed by atoms with van der Waals surface area (Å²) in [6.07, 6.45) is 7.12. The van der Waals surface area contributed by atoms with Gasteiger partial charge in [0.15, 0.2) is 0 Å². The molecule has 1 aromatic heterocycles. The van der Waals surface area contributed by atoms with Gasteiger partial charge in [0, 0.05) is 22.9 Å². The van der Waals surface area contributed by atoms with Gasteiger partial charge >= 0.3 is 0 Å². The van der Waals surface area contributed by atoms with Crippen LogP contribution in [-0.4, -0.2) is 30.1 Å². The van der Waals surface area contributed by atoms with Crippen LogP contribution in [0.3, 0.4) is 0 Å². The van der Waals surface area contributed by atoms with Gasteiger partial charge in [-0.2, -0.15) is 0 Å². The molecule has 0 unspecified atom stereocenters. The van der Waals surface area contributed by atoms with E-state index < -0.39 is 0 Å². The van der Waals surface area contributed by atoms with Crippen molar-refractivity contribution >= 4 is 16.8 Å². The second-order valence-electron chi connectivity index (χ2n) is 7.84. The fraction of sp³-hybridized carbons (Fsp3) is 0.524. The Labute approximate surface area is 149 Å². The smallest absolute Gasteiger partial charge is 0.226 e. The summed E-state index contributed by atoms with van der Waals surface area (Å²) in [5.74, 6) is 0.532. The van der Waals surface area contributed by atoms with E-state index in [1.165, 1.54) is 10.9 Å². The number of hydrogen-bond acceptors (Lipinski definition) is 3. The topological polar surface area (TPSA) is 51.2 Å². The van der Waals surface area contributed by atoms with Crippen molar-refractivity contribution in [3.63, 3.8) is 0 Å². The molecule has 25 heavy (non-hydrogen) atoms. The zero-order valence-corrected chi connectivity index (χ0v) is 14.8. The number of ether oxygens (including phenoxy) is 1. The number of nitrogens with zero attached hydrogens (tertiary/aromatic N) is 1. The van der Waals surface area contributed by atoms with Crippen molar-refractivity contribution in [1.82, 2.24) is 10.3 Å². The molecule has 4 nitrogen and oxygen atoms in total. The molecule has 2 fully saturated rings. The maximum Gasteiger partial charge on any atom is 0.226 e. The van der Waals surface area contributed by atoms with E-state index in [1.54, 1.807) is 0 Å². The van der Waals surface area contributed by atoms with Gasteiger partial charge in [-0.1, -0.05) is 38.0 Å². The van der Waals surface area contributed by atoms with E-state index >= 15 is 0 Å². The van der Waals surface area contributed by atoms with Crippen LogP contribution < -0.4 is 5.32 Å². The largest absolute Gasteiger partial charge is 0.379 e. The van der Waals surface area contributed by atoms with Crippen molar-refractivity contribution in [2.45, 2.75) is 45.1 Å². The first-order valence-corrected chi connectivity index (χ1v) is 9.37. The van der Waals surface area contributed by atoms with Crippen molar-refractivity contribution in [3.05, 3.63) is 42.1 Å². The minimum absolute atomic E-state index is 0.108. The van der Waals surface area contributed by atoms with Gasteiger partial charge in [0.1, 0.15) is 0 Å². The summed E-state index contributed by atoms with van der Waals surface area (Å²) in [7, 11) is 0. The fourth-order valence-electron chi connectivity index (χ4n) is 4.30. The third-order valence-electron chi connectivity index (χ3n) is 5.99. The SMILES string of the molecule is CC1(C(=O)N[C@@H]2COC[C@H]2Cc2ccnc3ccccc23)CCCC1. The Morgan fingerprint density at radius 2 is 2.04 bits per heavy atom. The average Bonchev–Trinajstić information content (AvgIpc) is 3.25. The Balaban J connectivity index is 1.49. The van der Waals surface area contributed by atoms with Gasteiger partial charge in [0.2, 0.25) is 5.91 Å². The van der Waals surface area contributed by atoms with Gasteiger partial charge in [-0.05, 0) is 37.0 Å². The molecular weight excluding hydrogens is 312 g/mol. The number of pyridine rings is 1. The molecule has 2 aromatic rings. The molecule has 2 atom stereocenters. The van der Waals surface area contributed by atoms with Crippen LogP contribution in [0.1, 0.15) is 38.2 Å². The van der Waals surface area contributed by atoms with Gasteiger partial charge in [-0.25, -0.2) is 0 Å². The second kappa shape index (κ2) is 6.75. The van der Waals surface area contributed by atoms with Crippen molar-refractivity contribution in [2.24, 2.45) is 11.3 Å². The molecule has 1 N–H and O–H groups in total. The standard InChI is InChI=1S/C21H26N2O2/c1-21(9-4-5-10-21)20(24)23-19-14-25-13-16(19)12-15-8-11-22-18-7-3-2-6-17(15)18/h2-3,6-8,11,16,19H,4-5,9-10,12-14H2,1H3,(H,23,24)/t16-,19-/m1/s1. The number of para-hydroxylation sites is 1. The number of rotatable bonds is 4. The first kappa shape index (κ1) is 16.5. The van der Waals surface area contributed by atoms with Crippen LogP contribution in [0.15, 0.2) is 36.5 Å². The molecule has 2 aliphatic rings. The zero-order valence-electron chi connectivity index (χ0n) is 14.8. The van der Waals surface area contributed by atoms with Gasteiger partial charge in [-0.3, -0.25) is 9.78 Å². The van der Waals surface area contributed by atoms with Crippen molar-refractivity contribution in [1.29, 1.82) is 0 Å². The predicted octanol–water partition coefficient (Wildman–Crippen LogP) is 3.49. The minimum Gasteiger partial charge on any atom is -0.379 e. The Bertz CT molecular complexity index is 762. The van der Waals surface area contributed by atoms with E-state index in [0.29, 0.717) is 19.1 Å². The molecule has 0 bridgehead atoms. The Hall–Kier alpha value is -1.94. The highest BCUT2D eigenvalue weighted by atomic mass is 16.5. The molecule has 4 heteroatoms. The van der Waals surface area contributed by atoms with Crippen LogP contribution >= 0.6 is 0 Å². The Morgan fingerprint density at radius 3 is 2.88 bits per heavy atom. The fourth-order valence-corrected chi connectivity index (χ4v) is 4.30. The van der Waals surface area contributed by atoms with Crippen LogP contribution in [0.25, 0.3) is 10.9 Å². The van der Waals surface area contributed by atoms with Gasteiger partial charge in [0.25, 0.3) is 0 Å². The third-order valence-corrected chi connectivity index (χ3v) is 5.99. The first-order valence-electron chi connectivity index (χ1n) is 9.37. The van der Waals surface area contributed by atoms with Gasteiger partial charge in [-0.15, -0.1) is 0 Å². The Kier molecular flexibility index (Phi) is 4.46. The number of amides is 1. The molecular formula is C21H26N2O2. The zero-order chi connectivity index (χ0) is 17.3. The van der Waals surface area contributed by atoms with E-state index in [-0.39, 0.29) is 17.4 Å². The molecule has 1 aliphatic carbocycles. The lowest BCUT2D eigenvalue weighted by atomic mass is 9.86. The lowest BCUT2D eigenvalue weighted by Crippen LogP contribution is -2.46. The highest BCUT2D eigenvalue weighted by molar-refractivity contribution is 5.83. The van der Waals surface area contributed by atoms with Crippen LogP contribution in [0.2, 0.25) is 0 Å². The van der Waals surface area contributed by atoms with Gasteiger partial charge < -0.3 is 10.1 Å². The summed E-state index contributed by atoms with van der Waals surface area (Å²) in [6, 6.07) is 10.4. The number of carbonyl (C=O) groups excluding carboxylic acids is 1. The Morgan fingerprint density at radius 1 is 1.24 bits per heavy atom. The monoisotopic (exact) mass is 338 g/mol. The first-order chi connectivity index (χ1) is 12.2. The summed E-state index contributed by atoms with van der Waals surface area (Å²) in [5, 5.41) is 4.50. The molecule has 1 aliphatic heterocycles. The normalized spacial score (nSPS) is 25.3. The average molecular weight is 338 g/mol. The maximum atomic E-state index is 12.8. The summed E-state index contributed by atoms with van der Waals surface area (Å²) < 4.78 is 5.72. The van der Waals surface area contributed by atoms with Crippen molar-refractivity contribution in [2.75, 3.05) is 13.2 Å². The molecule has 2 heterocycles. The van der Waals surface area contributed by atoms with E-state index in [0.717, 1.165) is 37.6 Å². The lowest BCUT2D eigenvalue weighted by molar-refractivity contribution is -0.130. The van der Waals surface area contributed by atoms with Crippen molar-refractivity contribution < 1.29 is 9.53 Å².